The average molecular weight is 239 g/mol. The van der Waals surface area contributed by atoms with Gasteiger partial charge in [0.25, 0.3) is 0 Å². The van der Waals surface area contributed by atoms with Crippen molar-refractivity contribution in [2.24, 2.45) is 0 Å². The van der Waals surface area contributed by atoms with Crippen LogP contribution in [0.1, 0.15) is 0 Å². The van der Waals surface area contributed by atoms with E-state index in [1.165, 1.54) is 6.20 Å². The van der Waals surface area contributed by atoms with E-state index in [1.54, 1.807) is 18.2 Å². The molecular formula is C5H5Fe2NOS. The Morgan fingerprint density at radius 1 is 1.30 bits per heavy atom. The van der Waals surface area contributed by atoms with Crippen LogP contribution in [0.4, 0.5) is 0 Å². The Labute approximate surface area is 86.0 Å². The molecule has 0 aliphatic rings. The molecule has 0 N–H and O–H groups in total. The van der Waals surface area contributed by atoms with Gasteiger partial charge in [-0.1, -0.05) is 12.6 Å². The summed E-state index contributed by atoms with van der Waals surface area (Å²) in [4.78, 5) is 0. The van der Waals surface area contributed by atoms with E-state index in [0.29, 0.717) is 9.76 Å². The molecule has 0 unspecified atom stereocenters. The Hall–Kier alpha value is 0.339. The summed E-state index contributed by atoms with van der Waals surface area (Å²) < 4.78 is 0.698. The van der Waals surface area contributed by atoms with Crippen molar-refractivity contribution < 1.29 is 38.9 Å². The minimum atomic E-state index is 0. The van der Waals surface area contributed by atoms with Crippen LogP contribution < -0.4 is 4.73 Å². The predicted octanol–water partition coefficient (Wildman–Crippen LogP) is 0.604. The molecule has 0 radical (unpaired) electrons. The molecule has 1 aromatic rings. The van der Waals surface area contributed by atoms with E-state index in [-0.39, 0.29) is 34.1 Å². The van der Waals surface area contributed by atoms with E-state index in [4.69, 9.17) is 0 Å². The molecule has 0 aromatic carbocycles. The second-order valence-electron chi connectivity index (χ2n) is 1.38. The first-order valence-corrected chi connectivity index (χ1v) is 2.62. The fourth-order valence-corrected chi connectivity index (χ4v) is 0.572. The molecule has 0 saturated carbocycles. The van der Waals surface area contributed by atoms with Crippen molar-refractivity contribution in [3.05, 3.63) is 29.6 Å². The van der Waals surface area contributed by atoms with E-state index in [9.17, 15) is 5.21 Å². The number of nitrogens with zero attached hydrogens (tertiary/aromatic N) is 1. The molecule has 0 saturated heterocycles. The van der Waals surface area contributed by atoms with Gasteiger partial charge in [-0.2, -0.15) is 4.73 Å². The summed E-state index contributed by atoms with van der Waals surface area (Å²) in [5, 5.41) is 10.9. The molecule has 0 bridgehead atoms. The fraction of sp³-hybridized carbons (Fsp3) is 0. The van der Waals surface area contributed by atoms with Gasteiger partial charge in [0.2, 0.25) is 5.03 Å². The van der Waals surface area contributed by atoms with Crippen LogP contribution in [0.5, 0.6) is 0 Å². The zero-order chi connectivity index (χ0) is 5.98. The molecule has 1 heterocycles. The van der Waals surface area contributed by atoms with Gasteiger partial charge in [0, 0.05) is 46.3 Å². The van der Waals surface area contributed by atoms with E-state index in [0.717, 1.165) is 0 Å². The number of pyridine rings is 1. The SMILES string of the molecule is [Fe].[Fe].[O-][n+]1ccccc1S. The van der Waals surface area contributed by atoms with Crippen molar-refractivity contribution in [2.45, 2.75) is 5.03 Å². The molecule has 0 spiro atoms. The van der Waals surface area contributed by atoms with Gasteiger partial charge in [-0.15, -0.1) is 0 Å². The summed E-state index contributed by atoms with van der Waals surface area (Å²) >= 11 is 3.85. The van der Waals surface area contributed by atoms with Gasteiger partial charge in [0.05, 0.1) is 0 Å². The third-order valence-electron chi connectivity index (χ3n) is 0.804. The average Bonchev–Trinajstić information content (AvgIpc) is 1.77. The Morgan fingerprint density at radius 3 is 2.20 bits per heavy atom. The number of hydrogen-bond acceptors (Lipinski definition) is 2. The molecule has 58 valence electrons. The number of hydrogen-bond donors (Lipinski definition) is 1. The largest absolute Gasteiger partial charge is 0.618 e. The first-order valence-electron chi connectivity index (χ1n) is 2.18. The van der Waals surface area contributed by atoms with Crippen LogP contribution in [-0.4, -0.2) is 0 Å². The molecular weight excluding hydrogens is 234 g/mol. The predicted molar refractivity (Wildman–Crippen MR) is 32.7 cm³/mol. The van der Waals surface area contributed by atoms with Gasteiger partial charge in [-0.05, 0) is 6.07 Å². The maximum absolute atomic E-state index is 10.5. The third-order valence-corrected chi connectivity index (χ3v) is 1.15. The van der Waals surface area contributed by atoms with Crippen LogP contribution in [0.15, 0.2) is 29.4 Å². The van der Waals surface area contributed by atoms with Crippen LogP contribution >= 0.6 is 12.6 Å². The first kappa shape index (κ1) is 13.0. The van der Waals surface area contributed by atoms with Crippen molar-refractivity contribution in [1.82, 2.24) is 0 Å². The van der Waals surface area contributed by atoms with Crippen LogP contribution in [0.2, 0.25) is 0 Å². The van der Waals surface area contributed by atoms with Crippen molar-refractivity contribution >= 4 is 12.6 Å². The Kier molecular flexibility index (Phi) is 7.88. The molecule has 10 heavy (non-hydrogen) atoms. The van der Waals surface area contributed by atoms with Gasteiger partial charge in [0.15, 0.2) is 6.20 Å². The number of thiol groups is 1. The zero-order valence-corrected chi connectivity index (χ0v) is 7.92. The molecule has 0 fully saturated rings. The van der Waals surface area contributed by atoms with Gasteiger partial charge in [-0.3, -0.25) is 0 Å². The zero-order valence-electron chi connectivity index (χ0n) is 4.82. The molecule has 0 atom stereocenters. The Morgan fingerprint density at radius 2 is 1.90 bits per heavy atom. The smallest absolute Gasteiger partial charge is 0.248 e. The minimum Gasteiger partial charge on any atom is -0.618 e. The van der Waals surface area contributed by atoms with Gasteiger partial charge < -0.3 is 5.21 Å². The summed E-state index contributed by atoms with van der Waals surface area (Å²) in [5.41, 5.74) is 0. The molecule has 0 aliphatic carbocycles. The maximum Gasteiger partial charge on any atom is 0.248 e. The summed E-state index contributed by atoms with van der Waals surface area (Å²) in [6.07, 6.45) is 1.41. The third kappa shape index (κ3) is 3.49. The Bertz CT molecular complexity index is 176. The van der Waals surface area contributed by atoms with Crippen molar-refractivity contribution in [3.63, 3.8) is 0 Å². The summed E-state index contributed by atoms with van der Waals surface area (Å²) in [6.45, 7) is 0. The van der Waals surface area contributed by atoms with Crippen molar-refractivity contribution in [2.75, 3.05) is 0 Å². The van der Waals surface area contributed by atoms with Crippen LogP contribution in [0.3, 0.4) is 0 Å². The number of aromatic nitrogens is 1. The maximum atomic E-state index is 10.5. The minimum absolute atomic E-state index is 0. The van der Waals surface area contributed by atoms with Crippen LogP contribution in [-0.2, 0) is 34.1 Å². The van der Waals surface area contributed by atoms with Crippen molar-refractivity contribution in [1.29, 1.82) is 0 Å². The topological polar surface area (TPSA) is 26.9 Å². The Balaban J connectivity index is 0. The molecule has 2 nitrogen and oxygen atoms in total. The van der Waals surface area contributed by atoms with Gasteiger partial charge in [-0.25, -0.2) is 0 Å². The van der Waals surface area contributed by atoms with E-state index in [1.807, 2.05) is 0 Å². The second-order valence-corrected chi connectivity index (χ2v) is 1.84. The second kappa shape index (κ2) is 6.08. The molecule has 1 aromatic heterocycles. The van der Waals surface area contributed by atoms with E-state index in [2.05, 4.69) is 12.6 Å². The summed E-state index contributed by atoms with van der Waals surface area (Å²) in [6, 6.07) is 5.06. The molecule has 0 amide bonds. The number of rotatable bonds is 0. The quantitative estimate of drug-likeness (QED) is 0.305. The summed E-state index contributed by atoms with van der Waals surface area (Å²) in [7, 11) is 0. The van der Waals surface area contributed by atoms with E-state index < -0.39 is 0 Å². The van der Waals surface area contributed by atoms with Gasteiger partial charge >= 0.3 is 0 Å². The molecule has 1 rings (SSSR count). The van der Waals surface area contributed by atoms with Crippen molar-refractivity contribution in [3.8, 4) is 0 Å². The standard InChI is InChI=1S/C5H5NOS.2Fe/c7-6-4-2-1-3-5(6)8;;/h1-4,8H;;. The first-order chi connectivity index (χ1) is 3.80. The van der Waals surface area contributed by atoms with E-state index >= 15 is 0 Å². The van der Waals surface area contributed by atoms with Crippen LogP contribution in [0, 0.1) is 5.21 Å². The van der Waals surface area contributed by atoms with Gasteiger partial charge in [0.1, 0.15) is 0 Å². The molecule has 5 heteroatoms. The van der Waals surface area contributed by atoms with Crippen LogP contribution in [0.25, 0.3) is 0 Å². The normalized spacial score (nSPS) is 7.30. The summed E-state index contributed by atoms with van der Waals surface area (Å²) in [5.74, 6) is 0. The monoisotopic (exact) mass is 239 g/mol. The molecule has 0 aliphatic heterocycles. The fourth-order valence-electron chi connectivity index (χ4n) is 0.419.